The number of rotatable bonds is 2. The second-order valence-electron chi connectivity index (χ2n) is 4.42. The third-order valence-corrected chi connectivity index (χ3v) is 3.23. The topological polar surface area (TPSA) is 73.2 Å². The van der Waals surface area contributed by atoms with Gasteiger partial charge in [0.25, 0.3) is 5.91 Å². The van der Waals surface area contributed by atoms with E-state index in [1.165, 1.54) is 14.0 Å². The molecule has 19 heavy (non-hydrogen) atoms. The number of carbonyl (C=O) groups is 2. The van der Waals surface area contributed by atoms with Gasteiger partial charge in [-0.15, -0.1) is 0 Å². The summed E-state index contributed by atoms with van der Waals surface area (Å²) >= 11 is 0. The minimum absolute atomic E-state index is 0.351. The third kappa shape index (κ3) is 1.72. The number of hydrogen-bond acceptors (Lipinski definition) is 4. The van der Waals surface area contributed by atoms with Crippen molar-refractivity contribution >= 4 is 17.5 Å². The first-order valence-electron chi connectivity index (χ1n) is 5.81. The van der Waals surface area contributed by atoms with Crippen LogP contribution in [-0.4, -0.2) is 39.9 Å². The van der Waals surface area contributed by atoms with E-state index in [1.807, 2.05) is 0 Å². The van der Waals surface area contributed by atoms with Gasteiger partial charge in [0.1, 0.15) is 0 Å². The maximum atomic E-state index is 12.4. The van der Waals surface area contributed by atoms with E-state index in [9.17, 15) is 14.8 Å². The Kier molecular flexibility index (Phi) is 3.11. The Morgan fingerprint density at radius 1 is 1.37 bits per heavy atom. The molecule has 0 saturated carbocycles. The molecule has 0 saturated heterocycles. The molecule has 1 aromatic rings. The Bertz CT molecular complexity index is 556. The average Bonchev–Trinajstić information content (AvgIpc) is 2.61. The molecule has 1 aromatic carbocycles. The molecule has 6 nitrogen and oxygen atoms in total. The van der Waals surface area contributed by atoms with Crippen molar-refractivity contribution in [3.8, 4) is 0 Å². The summed E-state index contributed by atoms with van der Waals surface area (Å²) < 4.78 is 0. The van der Waals surface area contributed by atoms with Crippen LogP contribution in [-0.2, 0) is 15.1 Å². The molecule has 0 aromatic heterocycles. The Balaban J connectivity index is 2.69. The van der Waals surface area contributed by atoms with Crippen molar-refractivity contribution in [2.45, 2.75) is 19.4 Å². The highest BCUT2D eigenvalue weighted by Gasteiger charge is 2.55. The zero-order chi connectivity index (χ0) is 14.2. The minimum Gasteiger partial charge on any atom is -0.284 e. The first-order valence-corrected chi connectivity index (χ1v) is 5.81. The number of benzene rings is 1. The first kappa shape index (κ1) is 13.2. The number of hydrazone groups is 1. The Hall–Kier alpha value is -2.21. The zero-order valence-corrected chi connectivity index (χ0v) is 11.0. The lowest BCUT2D eigenvalue weighted by Crippen LogP contribution is -2.56. The smallest absolute Gasteiger partial charge is 0.281 e. The molecule has 0 fully saturated rings. The normalized spacial score (nSPS) is 22.4. The number of hydroxylamine groups is 2. The van der Waals surface area contributed by atoms with Crippen LogP contribution in [0.5, 0.6) is 0 Å². The van der Waals surface area contributed by atoms with Gasteiger partial charge in [-0.2, -0.15) is 10.2 Å². The van der Waals surface area contributed by atoms with Crippen LogP contribution in [0, 0.1) is 0 Å². The molecular weight excluding hydrogens is 246 g/mol. The minimum atomic E-state index is -1.57. The van der Waals surface area contributed by atoms with E-state index in [1.54, 1.807) is 37.3 Å². The van der Waals surface area contributed by atoms with Gasteiger partial charge in [-0.05, 0) is 12.5 Å². The van der Waals surface area contributed by atoms with Gasteiger partial charge >= 0.3 is 0 Å². The van der Waals surface area contributed by atoms with E-state index in [0.717, 1.165) is 5.01 Å². The quantitative estimate of drug-likeness (QED) is 0.636. The number of carbonyl (C=O) groups excluding carboxylic acids is 2. The molecular formula is C13H15N3O3. The second-order valence-corrected chi connectivity index (χ2v) is 4.42. The summed E-state index contributed by atoms with van der Waals surface area (Å²) in [5.41, 5.74) is -0.714. The largest absolute Gasteiger partial charge is 0.284 e. The standard InChI is InChI=1S/C13H15N3O3/c1-9-13(16(19)10(2)17,12(18)15(3)14-9)11-7-5-4-6-8-11/h4-8,19H,1-3H3. The van der Waals surface area contributed by atoms with Crippen molar-refractivity contribution in [2.75, 3.05) is 7.05 Å². The number of nitrogens with zero attached hydrogens (tertiary/aromatic N) is 3. The number of hydrogen-bond donors (Lipinski definition) is 1. The van der Waals surface area contributed by atoms with E-state index in [-0.39, 0.29) is 0 Å². The lowest BCUT2D eigenvalue weighted by molar-refractivity contribution is -0.188. The Morgan fingerprint density at radius 3 is 2.37 bits per heavy atom. The Morgan fingerprint density at radius 2 is 1.95 bits per heavy atom. The molecule has 2 rings (SSSR count). The molecule has 1 aliphatic rings. The van der Waals surface area contributed by atoms with Gasteiger partial charge in [-0.3, -0.25) is 14.8 Å². The highest BCUT2D eigenvalue weighted by Crippen LogP contribution is 2.35. The highest BCUT2D eigenvalue weighted by molar-refractivity contribution is 6.17. The van der Waals surface area contributed by atoms with E-state index in [4.69, 9.17) is 0 Å². The molecule has 0 aliphatic carbocycles. The highest BCUT2D eigenvalue weighted by atomic mass is 16.5. The molecule has 1 N–H and O–H groups in total. The number of likely N-dealkylation sites (N-methyl/N-ethyl adjacent to an activating group) is 1. The molecule has 1 unspecified atom stereocenters. The Labute approximate surface area is 110 Å². The second kappa shape index (κ2) is 4.47. The van der Waals surface area contributed by atoms with Crippen LogP contribution in [0.3, 0.4) is 0 Å². The SMILES string of the molecule is CC(=O)N(O)C1(c2ccccc2)C(=O)N(C)N=C1C. The molecule has 0 spiro atoms. The molecule has 6 heteroatoms. The molecule has 1 atom stereocenters. The van der Waals surface area contributed by atoms with Crippen LogP contribution < -0.4 is 0 Å². The maximum absolute atomic E-state index is 12.4. The monoisotopic (exact) mass is 261 g/mol. The van der Waals surface area contributed by atoms with Crippen LogP contribution in [0.15, 0.2) is 35.4 Å². The molecule has 2 amide bonds. The molecule has 0 radical (unpaired) electrons. The molecule has 1 heterocycles. The molecule has 100 valence electrons. The third-order valence-electron chi connectivity index (χ3n) is 3.23. The van der Waals surface area contributed by atoms with Crippen molar-refractivity contribution in [3.63, 3.8) is 0 Å². The fourth-order valence-electron chi connectivity index (χ4n) is 2.35. The van der Waals surface area contributed by atoms with Gasteiger partial charge in [0, 0.05) is 14.0 Å². The van der Waals surface area contributed by atoms with Crippen LogP contribution in [0.4, 0.5) is 0 Å². The summed E-state index contributed by atoms with van der Waals surface area (Å²) in [5.74, 6) is -1.09. The van der Waals surface area contributed by atoms with Gasteiger partial charge in [-0.25, -0.2) is 5.01 Å². The predicted octanol–water partition coefficient (Wildman–Crippen LogP) is 0.968. The van der Waals surface area contributed by atoms with E-state index in [2.05, 4.69) is 5.10 Å². The summed E-state index contributed by atoms with van der Waals surface area (Å²) in [7, 11) is 1.49. The van der Waals surface area contributed by atoms with Crippen molar-refractivity contribution in [3.05, 3.63) is 35.9 Å². The van der Waals surface area contributed by atoms with Crippen molar-refractivity contribution in [2.24, 2.45) is 5.10 Å². The van der Waals surface area contributed by atoms with Crippen LogP contribution in [0.25, 0.3) is 0 Å². The van der Waals surface area contributed by atoms with Crippen molar-refractivity contribution in [1.82, 2.24) is 10.1 Å². The van der Waals surface area contributed by atoms with E-state index >= 15 is 0 Å². The van der Waals surface area contributed by atoms with Crippen molar-refractivity contribution in [1.29, 1.82) is 0 Å². The predicted molar refractivity (Wildman–Crippen MR) is 68.3 cm³/mol. The van der Waals surface area contributed by atoms with Gasteiger partial charge < -0.3 is 0 Å². The summed E-state index contributed by atoms with van der Waals surface area (Å²) in [4.78, 5) is 24.0. The van der Waals surface area contributed by atoms with Gasteiger partial charge in [0.15, 0.2) is 0 Å². The van der Waals surface area contributed by atoms with Gasteiger partial charge in [-0.1, -0.05) is 30.3 Å². The number of amides is 2. The van der Waals surface area contributed by atoms with Crippen LogP contribution in [0.2, 0.25) is 0 Å². The van der Waals surface area contributed by atoms with Gasteiger partial charge in [0.2, 0.25) is 11.4 Å². The first-order chi connectivity index (χ1) is 8.92. The molecule has 0 bridgehead atoms. The molecule has 1 aliphatic heterocycles. The lowest BCUT2D eigenvalue weighted by atomic mass is 9.85. The van der Waals surface area contributed by atoms with Crippen LogP contribution >= 0.6 is 0 Å². The lowest BCUT2D eigenvalue weighted by Gasteiger charge is -2.34. The average molecular weight is 261 g/mol. The van der Waals surface area contributed by atoms with Gasteiger partial charge in [0.05, 0.1) is 5.71 Å². The zero-order valence-electron chi connectivity index (χ0n) is 11.0. The van der Waals surface area contributed by atoms with E-state index < -0.39 is 17.4 Å². The maximum Gasteiger partial charge on any atom is 0.281 e. The summed E-state index contributed by atoms with van der Waals surface area (Å²) in [6, 6.07) is 8.64. The summed E-state index contributed by atoms with van der Waals surface area (Å²) in [6.45, 7) is 2.81. The summed E-state index contributed by atoms with van der Waals surface area (Å²) in [5, 5.41) is 15.8. The summed E-state index contributed by atoms with van der Waals surface area (Å²) in [6.07, 6.45) is 0. The fraction of sp³-hybridized carbons (Fsp3) is 0.308. The fourth-order valence-corrected chi connectivity index (χ4v) is 2.35. The van der Waals surface area contributed by atoms with Crippen LogP contribution in [0.1, 0.15) is 19.4 Å². The van der Waals surface area contributed by atoms with Crippen molar-refractivity contribution < 1.29 is 14.8 Å². The van der Waals surface area contributed by atoms with E-state index in [0.29, 0.717) is 16.3 Å².